The molecule has 0 unspecified atom stereocenters. The van der Waals surface area contributed by atoms with E-state index in [0.717, 1.165) is 12.1 Å². The van der Waals surface area contributed by atoms with Gasteiger partial charge in [-0.15, -0.1) is 0 Å². The van der Waals surface area contributed by atoms with Gasteiger partial charge < -0.3 is 4.74 Å². The monoisotopic (exact) mass is 238 g/mol. The third-order valence-corrected chi connectivity index (χ3v) is 1.52. The molecule has 0 N–H and O–H groups in total. The summed E-state index contributed by atoms with van der Waals surface area (Å²) in [5.74, 6) is -0.297. The first-order valence-electron chi connectivity index (χ1n) is 3.72. The number of pyridine rings is 1. The third kappa shape index (κ3) is 3.62. The second-order valence-electron chi connectivity index (χ2n) is 2.45. The van der Waals surface area contributed by atoms with Crippen molar-refractivity contribution in [1.82, 2.24) is 4.98 Å². The molecule has 5 nitrogen and oxygen atoms in total. The van der Waals surface area contributed by atoms with Crippen LogP contribution < -0.4 is 4.74 Å². The van der Waals surface area contributed by atoms with E-state index in [-0.39, 0.29) is 16.7 Å². The van der Waals surface area contributed by atoms with Crippen molar-refractivity contribution in [2.45, 2.75) is 6.43 Å². The van der Waals surface area contributed by atoms with E-state index in [0.29, 0.717) is 0 Å². The SMILES string of the molecule is O=[N+]([O-])c1cc(Cl)nc(OCC(F)F)c1. The Kier molecular flexibility index (Phi) is 3.73. The van der Waals surface area contributed by atoms with Crippen molar-refractivity contribution in [1.29, 1.82) is 0 Å². The number of rotatable bonds is 4. The average Bonchev–Trinajstić information content (AvgIpc) is 2.13. The lowest BCUT2D eigenvalue weighted by atomic mass is 10.4. The molecule has 0 bridgehead atoms. The number of aromatic nitrogens is 1. The van der Waals surface area contributed by atoms with Gasteiger partial charge in [-0.05, 0) is 0 Å². The zero-order chi connectivity index (χ0) is 11.4. The summed E-state index contributed by atoms with van der Waals surface area (Å²) < 4.78 is 28.0. The molecule has 1 heterocycles. The molecule has 15 heavy (non-hydrogen) atoms. The van der Waals surface area contributed by atoms with Crippen LogP contribution in [0.2, 0.25) is 5.15 Å². The van der Waals surface area contributed by atoms with E-state index in [2.05, 4.69) is 9.72 Å². The highest BCUT2D eigenvalue weighted by atomic mass is 35.5. The smallest absolute Gasteiger partial charge is 0.277 e. The maximum absolute atomic E-state index is 11.8. The van der Waals surface area contributed by atoms with Crippen molar-refractivity contribution in [2.75, 3.05) is 6.61 Å². The van der Waals surface area contributed by atoms with Gasteiger partial charge in [0.25, 0.3) is 12.1 Å². The summed E-state index contributed by atoms with van der Waals surface area (Å²) in [4.78, 5) is 13.1. The van der Waals surface area contributed by atoms with E-state index in [9.17, 15) is 18.9 Å². The summed E-state index contributed by atoms with van der Waals surface area (Å²) in [5.41, 5.74) is -0.362. The van der Waals surface area contributed by atoms with Crippen molar-refractivity contribution in [3.05, 3.63) is 27.4 Å². The highest BCUT2D eigenvalue weighted by Gasteiger charge is 2.12. The molecule has 0 aromatic carbocycles. The standard InChI is InChI=1S/C7H5ClF2N2O3/c8-5-1-4(12(13)14)2-7(11-5)15-3-6(9)10/h1-2,6H,3H2. The van der Waals surface area contributed by atoms with Crippen LogP contribution in [-0.4, -0.2) is 22.9 Å². The minimum Gasteiger partial charge on any atom is -0.471 e. The lowest BCUT2D eigenvalue weighted by molar-refractivity contribution is -0.385. The Morgan fingerprint density at radius 2 is 2.27 bits per heavy atom. The molecule has 0 spiro atoms. The molecule has 1 aromatic heterocycles. The molecule has 0 aliphatic heterocycles. The van der Waals surface area contributed by atoms with Gasteiger partial charge in [-0.1, -0.05) is 11.6 Å². The number of alkyl halides is 2. The van der Waals surface area contributed by atoms with Crippen molar-refractivity contribution in [3.8, 4) is 5.88 Å². The van der Waals surface area contributed by atoms with Gasteiger partial charge in [0.1, 0.15) is 5.15 Å². The minimum atomic E-state index is -2.68. The van der Waals surface area contributed by atoms with Crippen molar-refractivity contribution in [3.63, 3.8) is 0 Å². The van der Waals surface area contributed by atoms with Crippen LogP contribution in [0.5, 0.6) is 5.88 Å². The fourth-order valence-electron chi connectivity index (χ4n) is 0.788. The molecule has 0 aliphatic carbocycles. The molecule has 8 heteroatoms. The Balaban J connectivity index is 2.84. The Morgan fingerprint density at radius 3 is 2.80 bits per heavy atom. The average molecular weight is 239 g/mol. The first-order valence-corrected chi connectivity index (χ1v) is 4.10. The predicted octanol–water partition coefficient (Wildman–Crippen LogP) is 2.29. The molecule has 0 aliphatic rings. The van der Waals surface area contributed by atoms with Crippen LogP contribution in [0.3, 0.4) is 0 Å². The Hall–Kier alpha value is -1.50. The summed E-state index contributed by atoms with van der Waals surface area (Å²) in [7, 11) is 0. The zero-order valence-electron chi connectivity index (χ0n) is 7.19. The molecular formula is C7H5ClF2N2O3. The molecule has 1 rings (SSSR count). The molecule has 0 atom stereocenters. The summed E-state index contributed by atoms with van der Waals surface area (Å²) in [6.07, 6.45) is -2.68. The van der Waals surface area contributed by atoms with Gasteiger partial charge in [0, 0.05) is 0 Å². The molecule has 1 aromatic rings. The van der Waals surface area contributed by atoms with E-state index in [1.54, 1.807) is 0 Å². The predicted molar refractivity (Wildman–Crippen MR) is 47.4 cm³/mol. The number of hydrogen-bond acceptors (Lipinski definition) is 4. The second kappa shape index (κ2) is 4.83. The number of nitrogens with zero attached hydrogens (tertiary/aromatic N) is 2. The molecule has 0 saturated carbocycles. The zero-order valence-corrected chi connectivity index (χ0v) is 7.95. The Bertz CT molecular complexity index is 375. The van der Waals surface area contributed by atoms with Crippen LogP contribution in [0.15, 0.2) is 12.1 Å². The fraction of sp³-hybridized carbons (Fsp3) is 0.286. The minimum absolute atomic E-state index is 0.187. The van der Waals surface area contributed by atoms with Gasteiger partial charge in [-0.3, -0.25) is 10.1 Å². The number of ether oxygens (including phenoxy) is 1. The molecule has 0 amide bonds. The summed E-state index contributed by atoms with van der Waals surface area (Å²) >= 11 is 5.43. The van der Waals surface area contributed by atoms with Crippen LogP contribution in [0.1, 0.15) is 0 Å². The number of halogens is 3. The summed E-state index contributed by atoms with van der Waals surface area (Å²) in [6, 6.07) is 1.92. The Labute approximate surface area is 87.8 Å². The topological polar surface area (TPSA) is 65.3 Å². The van der Waals surface area contributed by atoms with Crippen LogP contribution in [0, 0.1) is 10.1 Å². The van der Waals surface area contributed by atoms with Gasteiger partial charge in [-0.2, -0.15) is 0 Å². The summed E-state index contributed by atoms with van der Waals surface area (Å²) in [6.45, 7) is -0.884. The highest BCUT2D eigenvalue weighted by molar-refractivity contribution is 6.29. The lowest BCUT2D eigenvalue weighted by Crippen LogP contribution is -2.08. The maximum Gasteiger partial charge on any atom is 0.277 e. The lowest BCUT2D eigenvalue weighted by Gasteiger charge is -2.03. The molecular weight excluding hydrogens is 234 g/mol. The van der Waals surface area contributed by atoms with Gasteiger partial charge in [0.2, 0.25) is 5.88 Å². The van der Waals surface area contributed by atoms with E-state index >= 15 is 0 Å². The number of hydrogen-bond donors (Lipinski definition) is 0. The normalized spacial score (nSPS) is 10.4. The van der Waals surface area contributed by atoms with Crippen LogP contribution in [-0.2, 0) is 0 Å². The molecule has 0 radical (unpaired) electrons. The van der Waals surface area contributed by atoms with Gasteiger partial charge in [0.15, 0.2) is 6.61 Å². The first-order chi connectivity index (χ1) is 6.99. The van der Waals surface area contributed by atoms with Gasteiger partial charge in [0.05, 0.1) is 17.1 Å². The van der Waals surface area contributed by atoms with Crippen molar-refractivity contribution in [2.24, 2.45) is 0 Å². The molecule has 82 valence electrons. The van der Waals surface area contributed by atoms with Crippen LogP contribution in [0.25, 0.3) is 0 Å². The fourth-order valence-corrected chi connectivity index (χ4v) is 0.983. The second-order valence-corrected chi connectivity index (χ2v) is 2.83. The van der Waals surface area contributed by atoms with Gasteiger partial charge in [-0.25, -0.2) is 13.8 Å². The van der Waals surface area contributed by atoms with Gasteiger partial charge >= 0.3 is 0 Å². The third-order valence-electron chi connectivity index (χ3n) is 1.32. The van der Waals surface area contributed by atoms with Crippen LogP contribution in [0.4, 0.5) is 14.5 Å². The largest absolute Gasteiger partial charge is 0.471 e. The number of nitro groups is 1. The van der Waals surface area contributed by atoms with Crippen molar-refractivity contribution < 1.29 is 18.4 Å². The Morgan fingerprint density at radius 1 is 1.60 bits per heavy atom. The van der Waals surface area contributed by atoms with E-state index < -0.39 is 18.0 Å². The quantitative estimate of drug-likeness (QED) is 0.459. The van der Waals surface area contributed by atoms with Crippen LogP contribution >= 0.6 is 11.6 Å². The van der Waals surface area contributed by atoms with E-state index in [1.165, 1.54) is 0 Å². The summed E-state index contributed by atoms with van der Waals surface area (Å²) in [5, 5.41) is 10.2. The van der Waals surface area contributed by atoms with E-state index in [1.807, 2.05) is 0 Å². The van der Waals surface area contributed by atoms with E-state index in [4.69, 9.17) is 11.6 Å². The maximum atomic E-state index is 11.8. The highest BCUT2D eigenvalue weighted by Crippen LogP contribution is 2.22. The molecule has 0 saturated heterocycles. The molecule has 0 fully saturated rings. The van der Waals surface area contributed by atoms with Crippen molar-refractivity contribution >= 4 is 17.3 Å². The first kappa shape index (κ1) is 11.6.